The Morgan fingerprint density at radius 1 is 1.23 bits per heavy atom. The predicted octanol–water partition coefficient (Wildman–Crippen LogP) is 3.14. The van der Waals surface area contributed by atoms with Gasteiger partial charge in [-0.05, 0) is 44.0 Å². The molecule has 2 N–H and O–H groups in total. The van der Waals surface area contributed by atoms with Crippen molar-refractivity contribution in [3.05, 3.63) is 29.8 Å². The summed E-state index contributed by atoms with van der Waals surface area (Å²) in [4.78, 5) is 6.61. The molecule has 1 saturated heterocycles. The molecule has 1 aromatic rings. The van der Waals surface area contributed by atoms with E-state index >= 15 is 0 Å². The summed E-state index contributed by atoms with van der Waals surface area (Å²) in [6, 6.07) is 4.97. The fourth-order valence-electron chi connectivity index (χ4n) is 3.13. The Morgan fingerprint density at radius 3 is 2.67 bits per heavy atom. The smallest absolute Gasteiger partial charge is 0.416 e. The van der Waals surface area contributed by atoms with Gasteiger partial charge in [-0.25, -0.2) is 0 Å². The van der Waals surface area contributed by atoms with E-state index < -0.39 is 11.7 Å². The van der Waals surface area contributed by atoms with Crippen LogP contribution in [0.2, 0.25) is 0 Å². The van der Waals surface area contributed by atoms with Crippen LogP contribution >= 0.6 is 0 Å². The molecule has 0 aromatic heterocycles. The standard InChI is InChI=1S/C21H33F3N4O2/c1-3-18(30-19-8-6-7-17(15-19)21(22,23)24)16-27-20(25-2)26-9-4-5-10-28-11-13-29-14-12-28/h6-8,15,18H,3-5,9-14,16H2,1-2H3,(H2,25,26,27). The van der Waals surface area contributed by atoms with Crippen LogP contribution in [0.5, 0.6) is 5.75 Å². The van der Waals surface area contributed by atoms with Gasteiger partial charge in [0.1, 0.15) is 11.9 Å². The summed E-state index contributed by atoms with van der Waals surface area (Å²) >= 11 is 0. The molecule has 1 unspecified atom stereocenters. The highest BCUT2D eigenvalue weighted by Crippen LogP contribution is 2.31. The quantitative estimate of drug-likeness (QED) is 0.339. The number of rotatable bonds is 10. The van der Waals surface area contributed by atoms with Crippen LogP contribution in [-0.2, 0) is 10.9 Å². The Bertz CT molecular complexity index is 649. The number of hydrogen-bond acceptors (Lipinski definition) is 4. The number of nitrogens with zero attached hydrogens (tertiary/aromatic N) is 2. The third-order valence-electron chi connectivity index (χ3n) is 4.94. The van der Waals surface area contributed by atoms with Gasteiger partial charge in [-0.3, -0.25) is 9.89 Å². The molecule has 30 heavy (non-hydrogen) atoms. The van der Waals surface area contributed by atoms with Crippen LogP contribution in [0.25, 0.3) is 0 Å². The van der Waals surface area contributed by atoms with Crippen molar-refractivity contribution in [1.82, 2.24) is 15.5 Å². The van der Waals surface area contributed by atoms with Gasteiger partial charge in [-0.15, -0.1) is 0 Å². The lowest BCUT2D eigenvalue weighted by Crippen LogP contribution is -2.43. The summed E-state index contributed by atoms with van der Waals surface area (Å²) in [5, 5.41) is 6.46. The van der Waals surface area contributed by atoms with E-state index in [0.29, 0.717) is 18.9 Å². The molecular weight excluding hydrogens is 397 g/mol. The maximum absolute atomic E-state index is 12.9. The van der Waals surface area contributed by atoms with E-state index in [1.54, 1.807) is 13.1 Å². The lowest BCUT2D eigenvalue weighted by Gasteiger charge is -2.26. The van der Waals surface area contributed by atoms with Crippen molar-refractivity contribution in [3.63, 3.8) is 0 Å². The monoisotopic (exact) mass is 430 g/mol. The van der Waals surface area contributed by atoms with Gasteiger partial charge in [-0.2, -0.15) is 13.2 Å². The molecule has 9 heteroatoms. The Balaban J connectivity index is 1.69. The number of benzene rings is 1. The van der Waals surface area contributed by atoms with Crippen molar-refractivity contribution < 1.29 is 22.6 Å². The summed E-state index contributed by atoms with van der Waals surface area (Å²) in [5.41, 5.74) is -0.711. The zero-order valence-electron chi connectivity index (χ0n) is 17.8. The zero-order valence-corrected chi connectivity index (χ0v) is 17.8. The average molecular weight is 431 g/mol. The maximum Gasteiger partial charge on any atom is 0.416 e. The van der Waals surface area contributed by atoms with Crippen molar-refractivity contribution in [1.29, 1.82) is 0 Å². The van der Waals surface area contributed by atoms with Gasteiger partial charge >= 0.3 is 6.18 Å². The molecule has 1 atom stereocenters. The predicted molar refractivity (Wildman–Crippen MR) is 112 cm³/mol. The van der Waals surface area contributed by atoms with Gasteiger partial charge in [0.15, 0.2) is 5.96 Å². The molecule has 170 valence electrons. The minimum Gasteiger partial charge on any atom is -0.489 e. The second kappa shape index (κ2) is 12.6. The van der Waals surface area contributed by atoms with Crippen LogP contribution in [0.4, 0.5) is 13.2 Å². The number of nitrogens with one attached hydrogen (secondary N) is 2. The first-order valence-electron chi connectivity index (χ1n) is 10.5. The fraction of sp³-hybridized carbons (Fsp3) is 0.667. The van der Waals surface area contributed by atoms with E-state index in [1.807, 2.05) is 6.92 Å². The highest BCUT2D eigenvalue weighted by Gasteiger charge is 2.30. The molecule has 1 fully saturated rings. The minimum atomic E-state index is -4.38. The number of morpholine rings is 1. The Labute approximate surface area is 176 Å². The number of ether oxygens (including phenoxy) is 2. The number of aliphatic imine (C=N–C) groups is 1. The molecule has 0 radical (unpaired) electrons. The van der Waals surface area contributed by atoms with Crippen LogP contribution in [0.1, 0.15) is 31.7 Å². The minimum absolute atomic E-state index is 0.213. The molecule has 0 saturated carbocycles. The van der Waals surface area contributed by atoms with Gasteiger partial charge in [0.25, 0.3) is 0 Å². The summed E-state index contributed by atoms with van der Waals surface area (Å²) < 4.78 is 49.7. The Kier molecular flexibility index (Phi) is 10.2. The molecule has 0 aliphatic carbocycles. The van der Waals surface area contributed by atoms with E-state index in [2.05, 4.69) is 20.5 Å². The normalized spacial score (nSPS) is 16.9. The second-order valence-corrected chi connectivity index (χ2v) is 7.21. The van der Waals surface area contributed by atoms with E-state index in [1.165, 1.54) is 6.07 Å². The number of alkyl halides is 3. The third kappa shape index (κ3) is 8.79. The second-order valence-electron chi connectivity index (χ2n) is 7.21. The molecule has 1 aromatic carbocycles. The van der Waals surface area contributed by atoms with Gasteiger partial charge in [0.05, 0.1) is 25.3 Å². The van der Waals surface area contributed by atoms with Gasteiger partial charge in [0.2, 0.25) is 0 Å². The molecule has 0 amide bonds. The van der Waals surface area contributed by atoms with Crippen LogP contribution in [0, 0.1) is 0 Å². The van der Waals surface area contributed by atoms with Crippen molar-refractivity contribution >= 4 is 5.96 Å². The van der Waals surface area contributed by atoms with E-state index in [-0.39, 0.29) is 11.9 Å². The molecule has 0 bridgehead atoms. The van der Waals surface area contributed by atoms with E-state index in [4.69, 9.17) is 9.47 Å². The summed E-state index contributed by atoms with van der Waals surface area (Å²) in [6.45, 7) is 7.88. The SMILES string of the molecule is CCC(CNC(=NC)NCCCCN1CCOCC1)Oc1cccc(C(F)(F)F)c1. The maximum atomic E-state index is 12.9. The van der Waals surface area contributed by atoms with Gasteiger partial charge in [-0.1, -0.05) is 13.0 Å². The average Bonchev–Trinajstić information content (AvgIpc) is 2.75. The molecule has 6 nitrogen and oxygen atoms in total. The van der Waals surface area contributed by atoms with Crippen molar-refractivity contribution in [3.8, 4) is 5.75 Å². The Hall–Kier alpha value is -2.00. The molecule has 1 heterocycles. The van der Waals surface area contributed by atoms with Crippen molar-refractivity contribution in [2.75, 3.05) is 53.0 Å². The summed E-state index contributed by atoms with van der Waals surface area (Å²) in [6.07, 6.45) is -1.88. The number of hydrogen-bond donors (Lipinski definition) is 2. The zero-order chi connectivity index (χ0) is 21.8. The number of unbranched alkanes of at least 4 members (excludes halogenated alkanes) is 1. The first-order valence-corrected chi connectivity index (χ1v) is 10.5. The topological polar surface area (TPSA) is 58.1 Å². The lowest BCUT2D eigenvalue weighted by molar-refractivity contribution is -0.137. The molecule has 1 aliphatic rings. The fourth-order valence-corrected chi connectivity index (χ4v) is 3.13. The molecule has 2 rings (SSSR count). The lowest BCUT2D eigenvalue weighted by atomic mass is 10.2. The van der Waals surface area contributed by atoms with E-state index in [0.717, 1.165) is 64.4 Å². The Morgan fingerprint density at radius 2 is 2.00 bits per heavy atom. The van der Waals surface area contributed by atoms with Gasteiger partial charge in [0, 0.05) is 26.7 Å². The largest absolute Gasteiger partial charge is 0.489 e. The summed E-state index contributed by atoms with van der Waals surface area (Å²) in [5.74, 6) is 0.872. The summed E-state index contributed by atoms with van der Waals surface area (Å²) in [7, 11) is 1.69. The van der Waals surface area contributed by atoms with Crippen LogP contribution in [0.3, 0.4) is 0 Å². The number of guanidine groups is 1. The first kappa shape index (κ1) is 24.3. The third-order valence-corrected chi connectivity index (χ3v) is 4.94. The van der Waals surface area contributed by atoms with Crippen molar-refractivity contribution in [2.24, 2.45) is 4.99 Å². The van der Waals surface area contributed by atoms with Crippen LogP contribution < -0.4 is 15.4 Å². The van der Waals surface area contributed by atoms with Crippen LogP contribution in [-0.4, -0.2) is 69.9 Å². The highest BCUT2D eigenvalue weighted by atomic mass is 19.4. The van der Waals surface area contributed by atoms with E-state index in [9.17, 15) is 13.2 Å². The molecule has 1 aliphatic heterocycles. The molecular formula is C21H33F3N4O2. The molecule has 0 spiro atoms. The van der Waals surface area contributed by atoms with Crippen LogP contribution in [0.15, 0.2) is 29.3 Å². The number of halogens is 3. The van der Waals surface area contributed by atoms with Crippen molar-refractivity contribution in [2.45, 2.75) is 38.5 Å². The highest BCUT2D eigenvalue weighted by molar-refractivity contribution is 5.79. The van der Waals surface area contributed by atoms with Gasteiger partial charge < -0.3 is 20.1 Å². The first-order chi connectivity index (χ1) is 14.4.